The highest BCUT2D eigenvalue weighted by Gasteiger charge is 2.21. The quantitative estimate of drug-likeness (QED) is 0.877. The minimum absolute atomic E-state index is 0.0731. The average Bonchev–Trinajstić information content (AvgIpc) is 3.30. The highest BCUT2D eigenvalue weighted by Crippen LogP contribution is 2.22. The molecule has 4 heteroatoms. The van der Waals surface area contributed by atoms with Gasteiger partial charge in [-0.25, -0.2) is 9.37 Å². The van der Waals surface area contributed by atoms with E-state index in [-0.39, 0.29) is 11.7 Å². The van der Waals surface area contributed by atoms with Gasteiger partial charge < -0.3 is 10.1 Å². The van der Waals surface area contributed by atoms with Crippen molar-refractivity contribution >= 4 is 0 Å². The van der Waals surface area contributed by atoms with Gasteiger partial charge in [0.1, 0.15) is 6.61 Å². The van der Waals surface area contributed by atoms with Crippen LogP contribution < -0.4 is 10.1 Å². The van der Waals surface area contributed by atoms with E-state index in [0.29, 0.717) is 24.8 Å². The zero-order valence-electron chi connectivity index (χ0n) is 11.2. The zero-order valence-corrected chi connectivity index (χ0v) is 11.2. The molecule has 1 aliphatic carbocycles. The van der Waals surface area contributed by atoms with Crippen molar-refractivity contribution in [2.45, 2.75) is 32.0 Å². The van der Waals surface area contributed by atoms with Gasteiger partial charge in [-0.15, -0.1) is 0 Å². The number of nitrogens with one attached hydrogen (secondary N) is 1. The number of ether oxygens (including phenoxy) is 1. The molecule has 1 aliphatic rings. The molecule has 20 heavy (non-hydrogen) atoms. The third-order valence-corrected chi connectivity index (χ3v) is 3.31. The predicted molar refractivity (Wildman–Crippen MR) is 74.8 cm³/mol. The Bertz CT molecular complexity index is 570. The van der Waals surface area contributed by atoms with Crippen LogP contribution in [0.4, 0.5) is 4.39 Å². The second-order valence-electron chi connectivity index (χ2n) is 5.02. The number of nitrogens with zero attached hydrogens (tertiary/aromatic N) is 1. The molecule has 0 atom stereocenters. The molecule has 3 rings (SSSR count). The molecule has 1 fully saturated rings. The average molecular weight is 272 g/mol. The topological polar surface area (TPSA) is 34.2 Å². The fourth-order valence-corrected chi connectivity index (χ4v) is 1.97. The van der Waals surface area contributed by atoms with Gasteiger partial charge in [-0.1, -0.05) is 30.3 Å². The van der Waals surface area contributed by atoms with Gasteiger partial charge in [0.05, 0.1) is 0 Å². The summed E-state index contributed by atoms with van der Waals surface area (Å²) < 4.78 is 19.7. The molecule has 1 aromatic carbocycles. The summed E-state index contributed by atoms with van der Waals surface area (Å²) in [5.74, 6) is -0.291. The van der Waals surface area contributed by atoms with E-state index >= 15 is 0 Å². The van der Waals surface area contributed by atoms with Crippen molar-refractivity contribution in [3.8, 4) is 5.88 Å². The minimum Gasteiger partial charge on any atom is -0.471 e. The second kappa shape index (κ2) is 6.01. The highest BCUT2D eigenvalue weighted by molar-refractivity contribution is 5.24. The molecule has 0 bridgehead atoms. The Kier molecular flexibility index (Phi) is 3.92. The Hall–Kier alpha value is -1.94. The first kappa shape index (κ1) is 13.1. The minimum atomic E-state index is -0.364. The van der Waals surface area contributed by atoms with Crippen molar-refractivity contribution in [1.82, 2.24) is 10.3 Å². The molecule has 1 aromatic heterocycles. The van der Waals surface area contributed by atoms with Crippen molar-refractivity contribution in [2.24, 2.45) is 0 Å². The first-order valence-electron chi connectivity index (χ1n) is 6.86. The van der Waals surface area contributed by atoms with E-state index in [9.17, 15) is 4.39 Å². The molecular formula is C16H17FN2O. The van der Waals surface area contributed by atoms with Gasteiger partial charge >= 0.3 is 0 Å². The van der Waals surface area contributed by atoms with Crippen LogP contribution in [0.5, 0.6) is 5.88 Å². The van der Waals surface area contributed by atoms with Crippen molar-refractivity contribution in [2.75, 3.05) is 0 Å². The summed E-state index contributed by atoms with van der Waals surface area (Å²) in [7, 11) is 0. The lowest BCUT2D eigenvalue weighted by Gasteiger charge is -2.09. The Morgan fingerprint density at radius 3 is 2.75 bits per heavy atom. The molecule has 3 nitrogen and oxygen atoms in total. The van der Waals surface area contributed by atoms with Gasteiger partial charge in [-0.05, 0) is 24.5 Å². The van der Waals surface area contributed by atoms with E-state index in [4.69, 9.17) is 4.74 Å². The molecule has 0 unspecified atom stereocenters. The Labute approximate surface area is 117 Å². The number of hydrogen-bond acceptors (Lipinski definition) is 3. The highest BCUT2D eigenvalue weighted by atomic mass is 19.1. The summed E-state index contributed by atoms with van der Waals surface area (Å²) in [6.07, 6.45) is 3.96. The van der Waals surface area contributed by atoms with Gasteiger partial charge in [-0.3, -0.25) is 0 Å². The van der Waals surface area contributed by atoms with E-state index in [1.807, 2.05) is 30.3 Å². The van der Waals surface area contributed by atoms with E-state index in [0.717, 1.165) is 5.56 Å². The molecule has 104 valence electrons. The standard InChI is InChI=1S/C16H17FN2O/c17-15-13(10-19-14-6-7-14)8-9-18-16(15)20-11-12-4-2-1-3-5-12/h1-5,8-9,14,19H,6-7,10-11H2. The first-order valence-corrected chi connectivity index (χ1v) is 6.86. The lowest BCUT2D eigenvalue weighted by Crippen LogP contribution is -2.16. The molecule has 0 amide bonds. The number of pyridine rings is 1. The fourth-order valence-electron chi connectivity index (χ4n) is 1.97. The fraction of sp³-hybridized carbons (Fsp3) is 0.312. The van der Waals surface area contributed by atoms with Crippen LogP contribution >= 0.6 is 0 Å². The monoisotopic (exact) mass is 272 g/mol. The third kappa shape index (κ3) is 3.33. The van der Waals surface area contributed by atoms with Gasteiger partial charge in [0.2, 0.25) is 0 Å². The van der Waals surface area contributed by atoms with Crippen molar-refractivity contribution in [3.05, 3.63) is 59.5 Å². The molecule has 1 saturated carbocycles. The van der Waals surface area contributed by atoms with Crippen LogP contribution in [0.2, 0.25) is 0 Å². The largest absolute Gasteiger partial charge is 0.471 e. The summed E-state index contributed by atoms with van der Waals surface area (Å²) >= 11 is 0. The smallest absolute Gasteiger partial charge is 0.251 e. The van der Waals surface area contributed by atoms with Crippen LogP contribution in [0.3, 0.4) is 0 Å². The zero-order chi connectivity index (χ0) is 13.8. The molecular weight excluding hydrogens is 255 g/mol. The van der Waals surface area contributed by atoms with Gasteiger partial charge in [0, 0.05) is 24.3 Å². The summed E-state index contributed by atoms with van der Waals surface area (Å²) in [6, 6.07) is 11.9. The van der Waals surface area contributed by atoms with E-state index in [2.05, 4.69) is 10.3 Å². The second-order valence-corrected chi connectivity index (χ2v) is 5.02. The maximum atomic E-state index is 14.2. The SMILES string of the molecule is Fc1c(CNC2CC2)ccnc1OCc1ccccc1. The van der Waals surface area contributed by atoms with Gasteiger partial charge in [0.25, 0.3) is 5.88 Å². The van der Waals surface area contributed by atoms with Crippen molar-refractivity contribution in [3.63, 3.8) is 0 Å². The molecule has 0 aliphatic heterocycles. The van der Waals surface area contributed by atoms with E-state index in [1.54, 1.807) is 12.3 Å². The number of rotatable bonds is 6. The Morgan fingerprint density at radius 1 is 1.20 bits per heavy atom. The molecule has 2 aromatic rings. The van der Waals surface area contributed by atoms with Crippen LogP contribution in [0, 0.1) is 5.82 Å². The third-order valence-electron chi connectivity index (χ3n) is 3.31. The van der Waals surface area contributed by atoms with Crippen LogP contribution in [0.15, 0.2) is 42.6 Å². The van der Waals surface area contributed by atoms with Crippen LogP contribution in [0.1, 0.15) is 24.0 Å². The first-order chi connectivity index (χ1) is 9.83. The Balaban J connectivity index is 1.64. The predicted octanol–water partition coefficient (Wildman–Crippen LogP) is 3.05. The van der Waals surface area contributed by atoms with Gasteiger partial charge in [-0.2, -0.15) is 0 Å². The summed E-state index contributed by atoms with van der Waals surface area (Å²) in [5, 5.41) is 3.29. The maximum Gasteiger partial charge on any atom is 0.251 e. The number of aromatic nitrogens is 1. The number of hydrogen-bond donors (Lipinski definition) is 1. The molecule has 1 heterocycles. The lowest BCUT2D eigenvalue weighted by molar-refractivity contribution is 0.276. The van der Waals surface area contributed by atoms with E-state index in [1.165, 1.54) is 12.8 Å². The Morgan fingerprint density at radius 2 is 2.00 bits per heavy atom. The lowest BCUT2D eigenvalue weighted by atomic mass is 10.2. The van der Waals surface area contributed by atoms with Crippen molar-refractivity contribution < 1.29 is 9.13 Å². The van der Waals surface area contributed by atoms with Crippen LogP contribution in [-0.4, -0.2) is 11.0 Å². The molecule has 0 saturated heterocycles. The molecule has 0 spiro atoms. The van der Waals surface area contributed by atoms with Crippen LogP contribution in [-0.2, 0) is 13.2 Å². The van der Waals surface area contributed by atoms with Gasteiger partial charge in [0.15, 0.2) is 5.82 Å². The summed E-state index contributed by atoms with van der Waals surface area (Å²) in [6.45, 7) is 0.852. The number of benzene rings is 1. The van der Waals surface area contributed by atoms with Crippen molar-refractivity contribution in [1.29, 1.82) is 0 Å². The summed E-state index contributed by atoms with van der Waals surface area (Å²) in [5.41, 5.74) is 1.60. The molecule has 1 N–H and O–H groups in total. The summed E-state index contributed by atoms with van der Waals surface area (Å²) in [4.78, 5) is 3.97. The molecule has 0 radical (unpaired) electrons. The van der Waals surface area contributed by atoms with Crippen LogP contribution in [0.25, 0.3) is 0 Å². The number of halogens is 1. The normalized spacial score (nSPS) is 14.2. The maximum absolute atomic E-state index is 14.2. The van der Waals surface area contributed by atoms with E-state index < -0.39 is 0 Å².